The molecule has 17 heavy (non-hydrogen) atoms. The second-order valence-corrected chi connectivity index (χ2v) is 11.1. The number of hydrogen-bond donors (Lipinski definition) is 0. The molecular formula is C15H32OSi. The summed E-state index contributed by atoms with van der Waals surface area (Å²) >= 11 is 0. The molecule has 102 valence electrons. The van der Waals surface area contributed by atoms with Crippen molar-refractivity contribution in [3.05, 3.63) is 0 Å². The third-order valence-electron chi connectivity index (χ3n) is 5.14. The van der Waals surface area contributed by atoms with Crippen molar-refractivity contribution < 1.29 is 4.74 Å². The Balaban J connectivity index is 2.80. The van der Waals surface area contributed by atoms with E-state index in [2.05, 4.69) is 27.7 Å². The fourth-order valence-corrected chi connectivity index (χ4v) is 8.34. The minimum Gasteiger partial charge on any atom is -0.382 e. The Morgan fingerprint density at radius 2 is 1.47 bits per heavy atom. The molecule has 1 rings (SSSR count). The maximum atomic E-state index is 6.28. The summed E-state index contributed by atoms with van der Waals surface area (Å²) in [6, 6.07) is 4.21. The highest BCUT2D eigenvalue weighted by atomic mass is 28.3. The highest BCUT2D eigenvalue weighted by molar-refractivity contribution is 6.80. The van der Waals surface area contributed by atoms with Crippen molar-refractivity contribution in [3.8, 4) is 0 Å². The van der Waals surface area contributed by atoms with E-state index in [9.17, 15) is 0 Å². The van der Waals surface area contributed by atoms with Gasteiger partial charge in [-0.1, -0.05) is 58.2 Å². The van der Waals surface area contributed by atoms with Gasteiger partial charge in [0.2, 0.25) is 0 Å². The molecule has 0 aromatic heterocycles. The molecule has 0 saturated heterocycles. The largest absolute Gasteiger partial charge is 0.382 e. The first-order chi connectivity index (χ1) is 8.24. The minimum atomic E-state index is -1.18. The van der Waals surface area contributed by atoms with Gasteiger partial charge in [-0.3, -0.25) is 0 Å². The van der Waals surface area contributed by atoms with Crippen molar-refractivity contribution in [2.45, 2.75) is 83.7 Å². The van der Waals surface area contributed by atoms with Crippen LogP contribution in [-0.2, 0) is 4.74 Å². The van der Waals surface area contributed by atoms with Gasteiger partial charge in [-0.2, -0.15) is 0 Å². The lowest BCUT2D eigenvalue weighted by Crippen LogP contribution is -2.51. The van der Waals surface area contributed by atoms with Crippen LogP contribution >= 0.6 is 0 Å². The van der Waals surface area contributed by atoms with Crippen LogP contribution in [0.25, 0.3) is 0 Å². The zero-order valence-corrected chi connectivity index (χ0v) is 13.4. The monoisotopic (exact) mass is 256 g/mol. The van der Waals surface area contributed by atoms with E-state index in [1.807, 2.05) is 0 Å². The molecule has 1 aliphatic rings. The molecule has 0 aromatic rings. The molecule has 1 unspecified atom stereocenters. The summed E-state index contributed by atoms with van der Waals surface area (Å²) < 4.78 is 6.28. The third kappa shape index (κ3) is 3.57. The average Bonchev–Trinajstić information content (AvgIpc) is 2.41. The van der Waals surface area contributed by atoms with Gasteiger partial charge in [-0.25, -0.2) is 0 Å². The van der Waals surface area contributed by atoms with Gasteiger partial charge >= 0.3 is 0 Å². The predicted molar refractivity (Wildman–Crippen MR) is 79.2 cm³/mol. The fraction of sp³-hybridized carbons (Fsp3) is 1.00. The quantitative estimate of drug-likeness (QED) is 0.581. The molecule has 0 aromatic carbocycles. The van der Waals surface area contributed by atoms with Gasteiger partial charge in [0.25, 0.3) is 0 Å². The highest BCUT2D eigenvalue weighted by Crippen LogP contribution is 2.37. The standard InChI is InChI=1S/C15H32OSi/c1-5-16-15(14-12-10-9-11-13-14)17(6-2,7-3)8-4/h14-15H,5-13H2,1-4H3. The maximum absolute atomic E-state index is 6.28. The maximum Gasteiger partial charge on any atom is 0.0872 e. The van der Waals surface area contributed by atoms with E-state index in [0.29, 0.717) is 5.73 Å². The Hall–Kier alpha value is 0.177. The van der Waals surface area contributed by atoms with Gasteiger partial charge < -0.3 is 4.74 Å². The molecule has 2 heteroatoms. The van der Waals surface area contributed by atoms with Crippen LogP contribution in [0, 0.1) is 5.92 Å². The van der Waals surface area contributed by atoms with E-state index in [1.165, 1.54) is 50.2 Å². The van der Waals surface area contributed by atoms with Gasteiger partial charge in [0.15, 0.2) is 0 Å². The zero-order chi connectivity index (χ0) is 12.7. The van der Waals surface area contributed by atoms with Crippen molar-refractivity contribution in [3.63, 3.8) is 0 Å². The van der Waals surface area contributed by atoms with Crippen LogP contribution in [0.1, 0.15) is 59.8 Å². The Morgan fingerprint density at radius 3 is 1.88 bits per heavy atom. The van der Waals surface area contributed by atoms with Gasteiger partial charge in [0.05, 0.1) is 13.8 Å². The van der Waals surface area contributed by atoms with Crippen molar-refractivity contribution in [2.24, 2.45) is 5.92 Å². The first-order valence-corrected chi connectivity index (χ1v) is 10.6. The van der Waals surface area contributed by atoms with Crippen LogP contribution in [-0.4, -0.2) is 20.4 Å². The molecular weight excluding hydrogens is 224 g/mol. The lowest BCUT2D eigenvalue weighted by atomic mass is 9.90. The van der Waals surface area contributed by atoms with Crippen molar-refractivity contribution in [1.29, 1.82) is 0 Å². The number of rotatable bonds is 7. The average molecular weight is 257 g/mol. The second kappa shape index (κ2) is 7.58. The lowest BCUT2D eigenvalue weighted by molar-refractivity contribution is 0.0531. The molecule has 1 aliphatic carbocycles. The Kier molecular flexibility index (Phi) is 6.79. The molecule has 1 saturated carbocycles. The predicted octanol–water partition coefficient (Wildman–Crippen LogP) is 5.02. The van der Waals surface area contributed by atoms with Gasteiger partial charge in [-0.15, -0.1) is 0 Å². The van der Waals surface area contributed by atoms with E-state index in [4.69, 9.17) is 4.74 Å². The summed E-state index contributed by atoms with van der Waals surface area (Å²) in [5.74, 6) is 0.884. The molecule has 0 radical (unpaired) electrons. The first-order valence-electron chi connectivity index (χ1n) is 7.85. The van der Waals surface area contributed by atoms with Crippen LogP contribution < -0.4 is 0 Å². The van der Waals surface area contributed by atoms with Crippen LogP contribution in [0.2, 0.25) is 18.1 Å². The lowest BCUT2D eigenvalue weighted by Gasteiger charge is -2.42. The van der Waals surface area contributed by atoms with E-state index < -0.39 is 8.07 Å². The smallest absolute Gasteiger partial charge is 0.0872 e. The number of ether oxygens (including phenoxy) is 1. The topological polar surface area (TPSA) is 9.23 Å². The van der Waals surface area contributed by atoms with Crippen molar-refractivity contribution >= 4 is 8.07 Å². The van der Waals surface area contributed by atoms with Gasteiger partial charge in [0, 0.05) is 6.61 Å². The highest BCUT2D eigenvalue weighted by Gasteiger charge is 2.41. The third-order valence-corrected chi connectivity index (χ3v) is 11.2. The van der Waals surface area contributed by atoms with E-state index >= 15 is 0 Å². The second-order valence-electron chi connectivity index (χ2n) is 5.70. The molecule has 1 atom stereocenters. The van der Waals surface area contributed by atoms with Crippen LogP contribution in [0.3, 0.4) is 0 Å². The molecule has 0 amide bonds. The van der Waals surface area contributed by atoms with E-state index in [0.717, 1.165) is 12.5 Å². The van der Waals surface area contributed by atoms with Crippen molar-refractivity contribution in [2.75, 3.05) is 6.61 Å². The molecule has 0 aliphatic heterocycles. The molecule has 0 spiro atoms. The summed E-state index contributed by atoms with van der Waals surface area (Å²) in [5.41, 5.74) is 0.646. The van der Waals surface area contributed by atoms with Crippen LogP contribution in [0.5, 0.6) is 0 Å². The van der Waals surface area contributed by atoms with Crippen molar-refractivity contribution in [1.82, 2.24) is 0 Å². The fourth-order valence-electron chi connectivity index (χ4n) is 3.78. The number of hydrogen-bond acceptors (Lipinski definition) is 1. The summed E-state index contributed by atoms with van der Waals surface area (Å²) in [4.78, 5) is 0. The SMILES string of the molecule is CCOC(C1CCCCC1)[Si](CC)(CC)CC. The van der Waals surface area contributed by atoms with Crippen LogP contribution in [0.15, 0.2) is 0 Å². The summed E-state index contributed by atoms with van der Waals surface area (Å²) in [6.45, 7) is 10.3. The van der Waals surface area contributed by atoms with Gasteiger partial charge in [0.1, 0.15) is 0 Å². The zero-order valence-electron chi connectivity index (χ0n) is 12.4. The Bertz CT molecular complexity index is 187. The Labute approximate surface area is 109 Å². The van der Waals surface area contributed by atoms with Crippen LogP contribution in [0.4, 0.5) is 0 Å². The van der Waals surface area contributed by atoms with E-state index in [-0.39, 0.29) is 0 Å². The molecule has 0 bridgehead atoms. The minimum absolute atomic E-state index is 0.646. The normalized spacial score (nSPS) is 20.5. The molecule has 1 nitrogen and oxygen atoms in total. The summed E-state index contributed by atoms with van der Waals surface area (Å²) in [7, 11) is -1.18. The first kappa shape index (κ1) is 15.2. The van der Waals surface area contributed by atoms with E-state index in [1.54, 1.807) is 0 Å². The Morgan fingerprint density at radius 1 is 0.941 bits per heavy atom. The summed E-state index contributed by atoms with van der Waals surface area (Å²) in [6.07, 6.45) is 7.19. The molecule has 0 N–H and O–H groups in total. The van der Waals surface area contributed by atoms with Gasteiger partial charge in [-0.05, 0) is 25.7 Å². The summed E-state index contributed by atoms with van der Waals surface area (Å²) in [5, 5.41) is 0. The molecule has 0 heterocycles. The molecule has 1 fully saturated rings.